The molecule has 0 atom stereocenters. The van der Waals surface area contributed by atoms with E-state index in [4.69, 9.17) is 5.73 Å². The summed E-state index contributed by atoms with van der Waals surface area (Å²) in [5.41, 5.74) is 5.50. The van der Waals surface area contributed by atoms with Crippen molar-refractivity contribution in [3.63, 3.8) is 0 Å². The molecule has 1 aromatic carbocycles. The van der Waals surface area contributed by atoms with Crippen LogP contribution in [0.4, 0.5) is 5.69 Å². The molecule has 2 aromatic rings. The second kappa shape index (κ2) is 5.88. The van der Waals surface area contributed by atoms with Crippen molar-refractivity contribution in [2.45, 2.75) is 17.9 Å². The summed E-state index contributed by atoms with van der Waals surface area (Å²) in [5, 5.41) is 16.7. The molecule has 0 aliphatic rings. The van der Waals surface area contributed by atoms with Crippen LogP contribution < -0.4 is 10.5 Å². The summed E-state index contributed by atoms with van der Waals surface area (Å²) in [6.07, 6.45) is 3.84. The van der Waals surface area contributed by atoms with Gasteiger partial charge in [-0.2, -0.15) is 0 Å². The van der Waals surface area contributed by atoms with Gasteiger partial charge in [-0.05, 0) is 24.6 Å². The zero-order chi connectivity index (χ0) is 14.6. The van der Waals surface area contributed by atoms with Crippen molar-refractivity contribution in [1.82, 2.24) is 19.7 Å². The van der Waals surface area contributed by atoms with Crippen molar-refractivity contribution in [2.75, 3.05) is 12.3 Å². The quantitative estimate of drug-likeness (QED) is 0.390. The molecule has 2 rings (SSSR count). The number of aromatic nitrogens is 3. The molecule has 0 aliphatic carbocycles. The molecular formula is C11H15N5O3S. The molecule has 1 heterocycles. The zero-order valence-electron chi connectivity index (χ0n) is 10.6. The van der Waals surface area contributed by atoms with Gasteiger partial charge in [0.15, 0.2) is 0 Å². The van der Waals surface area contributed by atoms with E-state index in [1.807, 2.05) is 0 Å². The fourth-order valence-corrected chi connectivity index (χ4v) is 2.69. The van der Waals surface area contributed by atoms with Crippen LogP contribution in [0.1, 0.15) is 6.42 Å². The molecular weight excluding hydrogens is 282 g/mol. The Hall–Kier alpha value is -2.13. The fraction of sp³-hybridized carbons (Fsp3) is 0.273. The number of nitrogen functional groups attached to an aromatic ring is 1. The molecule has 0 saturated heterocycles. The third kappa shape index (κ3) is 3.45. The van der Waals surface area contributed by atoms with Gasteiger partial charge in [0, 0.05) is 19.3 Å². The third-order valence-electron chi connectivity index (χ3n) is 2.64. The number of aromatic hydroxyl groups is 1. The van der Waals surface area contributed by atoms with Crippen LogP contribution in [0.15, 0.2) is 35.5 Å². The molecule has 20 heavy (non-hydrogen) atoms. The smallest absolute Gasteiger partial charge is 0.240 e. The van der Waals surface area contributed by atoms with Crippen molar-refractivity contribution < 1.29 is 13.5 Å². The number of anilines is 1. The van der Waals surface area contributed by atoms with Gasteiger partial charge < -0.3 is 10.8 Å². The highest BCUT2D eigenvalue weighted by Gasteiger charge is 2.14. The first-order valence-corrected chi connectivity index (χ1v) is 7.39. The Labute approximate surface area is 116 Å². The Balaban J connectivity index is 1.92. The lowest BCUT2D eigenvalue weighted by Gasteiger charge is -2.08. The first kappa shape index (κ1) is 14.3. The zero-order valence-corrected chi connectivity index (χ0v) is 11.4. The normalized spacial score (nSPS) is 11.6. The van der Waals surface area contributed by atoms with Crippen LogP contribution in [0.2, 0.25) is 0 Å². The molecule has 0 saturated carbocycles. The molecule has 0 radical (unpaired) electrons. The number of phenolic OH excluding ortho intramolecular Hbond substituents is 1. The van der Waals surface area contributed by atoms with Gasteiger partial charge in [0.05, 0.1) is 16.8 Å². The number of phenols is 1. The Bertz CT molecular complexity index is 669. The first-order valence-electron chi connectivity index (χ1n) is 5.91. The third-order valence-corrected chi connectivity index (χ3v) is 4.10. The highest BCUT2D eigenvalue weighted by molar-refractivity contribution is 7.89. The average Bonchev–Trinajstić information content (AvgIpc) is 2.91. The molecule has 0 aliphatic heterocycles. The van der Waals surface area contributed by atoms with Crippen LogP contribution in [-0.2, 0) is 16.6 Å². The molecule has 0 fully saturated rings. The van der Waals surface area contributed by atoms with Crippen molar-refractivity contribution in [1.29, 1.82) is 0 Å². The molecule has 0 bridgehead atoms. The molecule has 0 amide bonds. The lowest BCUT2D eigenvalue weighted by molar-refractivity contribution is 0.477. The molecule has 0 spiro atoms. The van der Waals surface area contributed by atoms with Gasteiger partial charge in [-0.25, -0.2) is 13.1 Å². The Morgan fingerprint density at radius 2 is 2.20 bits per heavy atom. The molecule has 9 heteroatoms. The maximum Gasteiger partial charge on any atom is 0.240 e. The van der Waals surface area contributed by atoms with E-state index in [1.54, 1.807) is 17.1 Å². The minimum Gasteiger partial charge on any atom is -0.506 e. The Morgan fingerprint density at radius 1 is 1.40 bits per heavy atom. The van der Waals surface area contributed by atoms with E-state index >= 15 is 0 Å². The number of nitrogens with two attached hydrogens (primary N) is 1. The van der Waals surface area contributed by atoms with Gasteiger partial charge in [-0.3, -0.25) is 4.68 Å². The molecule has 8 nitrogen and oxygen atoms in total. The number of sulfonamides is 1. The standard InChI is InChI=1S/C11H15N5O3S/c12-10-8-9(2-3-11(10)17)20(18,19)14-4-1-6-16-7-5-13-15-16/h2-3,5,7-8,14,17H,1,4,6,12H2. The lowest BCUT2D eigenvalue weighted by atomic mass is 10.3. The van der Waals surface area contributed by atoms with E-state index in [0.717, 1.165) is 0 Å². The van der Waals surface area contributed by atoms with E-state index in [0.29, 0.717) is 13.0 Å². The number of aryl methyl sites for hydroxylation is 1. The molecule has 108 valence electrons. The maximum absolute atomic E-state index is 12.0. The number of rotatable bonds is 6. The summed E-state index contributed by atoms with van der Waals surface area (Å²) < 4.78 is 28.0. The monoisotopic (exact) mass is 297 g/mol. The summed E-state index contributed by atoms with van der Waals surface area (Å²) in [6, 6.07) is 3.76. The van der Waals surface area contributed by atoms with Crippen molar-refractivity contribution in [3.8, 4) is 5.75 Å². The maximum atomic E-state index is 12.0. The van der Waals surface area contributed by atoms with Gasteiger partial charge in [0.1, 0.15) is 5.75 Å². The predicted octanol–water partition coefficient (Wildman–Crippen LogP) is -0.0655. The van der Waals surface area contributed by atoms with E-state index < -0.39 is 10.0 Å². The number of nitrogens with one attached hydrogen (secondary N) is 1. The van der Waals surface area contributed by atoms with Crippen LogP contribution in [0, 0.1) is 0 Å². The average molecular weight is 297 g/mol. The SMILES string of the molecule is Nc1cc(S(=O)(=O)NCCCn2ccnn2)ccc1O. The van der Waals surface area contributed by atoms with E-state index in [2.05, 4.69) is 15.0 Å². The van der Waals surface area contributed by atoms with E-state index in [1.165, 1.54) is 18.2 Å². The molecule has 4 N–H and O–H groups in total. The highest BCUT2D eigenvalue weighted by atomic mass is 32.2. The predicted molar refractivity (Wildman–Crippen MR) is 72.3 cm³/mol. The van der Waals surface area contributed by atoms with Gasteiger partial charge >= 0.3 is 0 Å². The van der Waals surface area contributed by atoms with E-state index in [-0.39, 0.29) is 22.9 Å². The second-order valence-corrected chi connectivity index (χ2v) is 5.91. The van der Waals surface area contributed by atoms with Crippen LogP contribution in [0.25, 0.3) is 0 Å². The van der Waals surface area contributed by atoms with E-state index in [9.17, 15) is 13.5 Å². The molecule has 1 aromatic heterocycles. The number of hydrogen-bond donors (Lipinski definition) is 3. The van der Waals surface area contributed by atoms with Gasteiger partial charge in [-0.15, -0.1) is 5.10 Å². The number of nitrogens with zero attached hydrogens (tertiary/aromatic N) is 3. The summed E-state index contributed by atoms with van der Waals surface area (Å²) in [7, 11) is -3.63. The minimum atomic E-state index is -3.63. The van der Waals surface area contributed by atoms with Crippen molar-refractivity contribution in [2.24, 2.45) is 0 Å². The van der Waals surface area contributed by atoms with Gasteiger partial charge in [-0.1, -0.05) is 5.21 Å². The van der Waals surface area contributed by atoms with Crippen molar-refractivity contribution >= 4 is 15.7 Å². The second-order valence-electron chi connectivity index (χ2n) is 4.14. The van der Waals surface area contributed by atoms with Crippen LogP contribution in [0.5, 0.6) is 5.75 Å². The summed E-state index contributed by atoms with van der Waals surface area (Å²) in [4.78, 5) is 0.0218. The fourth-order valence-electron chi connectivity index (χ4n) is 1.58. The van der Waals surface area contributed by atoms with Crippen LogP contribution in [-0.4, -0.2) is 35.1 Å². The molecule has 0 unspecified atom stereocenters. The first-order chi connectivity index (χ1) is 9.49. The van der Waals surface area contributed by atoms with Gasteiger partial charge in [0.2, 0.25) is 10.0 Å². The Kier molecular flexibility index (Phi) is 4.20. The van der Waals surface area contributed by atoms with Gasteiger partial charge in [0.25, 0.3) is 0 Å². The van der Waals surface area contributed by atoms with Crippen molar-refractivity contribution in [3.05, 3.63) is 30.6 Å². The summed E-state index contributed by atoms with van der Waals surface area (Å²) in [5.74, 6) is -0.143. The van der Waals surface area contributed by atoms with Crippen LogP contribution >= 0.6 is 0 Å². The highest BCUT2D eigenvalue weighted by Crippen LogP contribution is 2.22. The lowest BCUT2D eigenvalue weighted by Crippen LogP contribution is -2.25. The number of hydrogen-bond acceptors (Lipinski definition) is 6. The Morgan fingerprint density at radius 3 is 2.85 bits per heavy atom. The summed E-state index contributed by atoms with van der Waals surface area (Å²) >= 11 is 0. The minimum absolute atomic E-state index is 0.0218. The van der Waals surface area contributed by atoms with Crippen LogP contribution in [0.3, 0.4) is 0 Å². The largest absolute Gasteiger partial charge is 0.506 e. The summed E-state index contributed by atoms with van der Waals surface area (Å²) in [6.45, 7) is 0.837. The topological polar surface area (TPSA) is 123 Å². The number of benzene rings is 1.